The lowest BCUT2D eigenvalue weighted by atomic mass is 10.0. The summed E-state index contributed by atoms with van der Waals surface area (Å²) in [5.41, 5.74) is 2.50. The van der Waals surface area contributed by atoms with Crippen molar-refractivity contribution in [1.29, 1.82) is 0 Å². The summed E-state index contributed by atoms with van der Waals surface area (Å²) >= 11 is 1.65. The fraction of sp³-hybridized carbons (Fsp3) is 0.357. The van der Waals surface area contributed by atoms with Crippen LogP contribution >= 0.6 is 11.3 Å². The van der Waals surface area contributed by atoms with Crippen molar-refractivity contribution in [1.82, 2.24) is 4.98 Å². The van der Waals surface area contributed by atoms with Gasteiger partial charge in [0.05, 0.1) is 0 Å². The fourth-order valence-electron chi connectivity index (χ4n) is 1.68. The van der Waals surface area contributed by atoms with E-state index in [2.05, 4.69) is 43.1 Å². The summed E-state index contributed by atoms with van der Waals surface area (Å²) in [6.07, 6.45) is 2.55. The van der Waals surface area contributed by atoms with Crippen LogP contribution in [-0.4, -0.2) is 16.7 Å². The maximum Gasteiger partial charge on any atom is 0.123 e. The summed E-state index contributed by atoms with van der Waals surface area (Å²) in [5.74, 6) is 0.560. The van der Waals surface area contributed by atoms with Gasteiger partial charge in [0.1, 0.15) is 5.01 Å². The second-order valence-corrected chi connectivity index (χ2v) is 5.50. The number of thiazole rings is 1. The normalized spacial score (nSPS) is 11.1. The third-order valence-corrected chi connectivity index (χ3v) is 3.84. The number of rotatable bonds is 4. The predicted molar refractivity (Wildman–Crippen MR) is 72.4 cm³/mol. The second-order valence-electron chi connectivity index (χ2n) is 4.38. The Morgan fingerprint density at radius 2 is 1.94 bits per heavy atom. The SMILES string of the molecule is CC(C)c1ccc(-c2ncc(CCO)s2)cc1. The Bertz CT molecular complexity index is 473. The first-order chi connectivity index (χ1) is 8.20. The Balaban J connectivity index is 2.21. The van der Waals surface area contributed by atoms with Crippen LogP contribution in [0.5, 0.6) is 0 Å². The van der Waals surface area contributed by atoms with Gasteiger partial charge in [-0.1, -0.05) is 38.1 Å². The zero-order chi connectivity index (χ0) is 12.3. The Kier molecular flexibility index (Phi) is 3.92. The van der Waals surface area contributed by atoms with Gasteiger partial charge in [0, 0.05) is 29.7 Å². The lowest BCUT2D eigenvalue weighted by Gasteiger charge is -2.05. The molecule has 3 heteroatoms. The molecule has 90 valence electrons. The highest BCUT2D eigenvalue weighted by molar-refractivity contribution is 7.15. The summed E-state index contributed by atoms with van der Waals surface area (Å²) in [5, 5.41) is 9.91. The number of nitrogens with zero attached hydrogens (tertiary/aromatic N) is 1. The number of aromatic nitrogens is 1. The minimum absolute atomic E-state index is 0.188. The molecule has 1 aromatic carbocycles. The molecule has 1 heterocycles. The molecule has 0 radical (unpaired) electrons. The number of benzene rings is 1. The quantitative estimate of drug-likeness (QED) is 0.897. The van der Waals surface area contributed by atoms with Gasteiger partial charge in [-0.15, -0.1) is 11.3 Å². The van der Waals surface area contributed by atoms with E-state index in [4.69, 9.17) is 5.11 Å². The molecule has 1 N–H and O–H groups in total. The first-order valence-corrected chi connectivity index (χ1v) is 6.68. The minimum atomic E-state index is 0.188. The van der Waals surface area contributed by atoms with Crippen molar-refractivity contribution in [2.24, 2.45) is 0 Å². The van der Waals surface area contributed by atoms with Crippen molar-refractivity contribution in [2.75, 3.05) is 6.61 Å². The molecule has 0 aliphatic rings. The molecule has 0 unspecified atom stereocenters. The average Bonchev–Trinajstić information content (AvgIpc) is 2.78. The molecule has 17 heavy (non-hydrogen) atoms. The van der Waals surface area contributed by atoms with Crippen LogP contribution in [0.3, 0.4) is 0 Å². The van der Waals surface area contributed by atoms with Crippen LogP contribution in [0, 0.1) is 0 Å². The molecule has 0 bridgehead atoms. The van der Waals surface area contributed by atoms with Gasteiger partial charge in [-0.2, -0.15) is 0 Å². The zero-order valence-corrected chi connectivity index (χ0v) is 11.0. The Morgan fingerprint density at radius 3 is 2.53 bits per heavy atom. The number of aliphatic hydroxyl groups is 1. The van der Waals surface area contributed by atoms with E-state index in [-0.39, 0.29) is 6.61 Å². The van der Waals surface area contributed by atoms with E-state index >= 15 is 0 Å². The van der Waals surface area contributed by atoms with Crippen LogP contribution in [-0.2, 0) is 6.42 Å². The van der Waals surface area contributed by atoms with E-state index < -0.39 is 0 Å². The summed E-state index contributed by atoms with van der Waals surface area (Å²) in [7, 11) is 0. The maximum absolute atomic E-state index is 8.88. The Morgan fingerprint density at radius 1 is 1.24 bits per heavy atom. The van der Waals surface area contributed by atoms with Crippen molar-refractivity contribution in [3.05, 3.63) is 40.9 Å². The van der Waals surface area contributed by atoms with Crippen LogP contribution in [0.4, 0.5) is 0 Å². The van der Waals surface area contributed by atoms with Gasteiger partial charge < -0.3 is 5.11 Å². The van der Waals surface area contributed by atoms with Gasteiger partial charge in [0.25, 0.3) is 0 Å². The van der Waals surface area contributed by atoms with Crippen molar-refractivity contribution in [2.45, 2.75) is 26.2 Å². The third-order valence-electron chi connectivity index (χ3n) is 2.74. The lowest BCUT2D eigenvalue weighted by molar-refractivity contribution is 0.300. The number of hydrogen-bond donors (Lipinski definition) is 1. The summed E-state index contributed by atoms with van der Waals surface area (Å²) in [4.78, 5) is 5.52. The van der Waals surface area contributed by atoms with Crippen molar-refractivity contribution in [3.63, 3.8) is 0 Å². The summed E-state index contributed by atoms with van der Waals surface area (Å²) < 4.78 is 0. The van der Waals surface area contributed by atoms with Gasteiger partial charge >= 0.3 is 0 Å². The molecule has 2 rings (SSSR count). The number of aliphatic hydroxyl groups excluding tert-OH is 1. The van der Waals surface area contributed by atoms with Crippen LogP contribution < -0.4 is 0 Å². The third kappa shape index (κ3) is 2.93. The molecule has 2 aromatic rings. The molecule has 0 fully saturated rings. The lowest BCUT2D eigenvalue weighted by Crippen LogP contribution is -1.86. The number of hydrogen-bond acceptors (Lipinski definition) is 3. The average molecular weight is 247 g/mol. The Labute approximate surface area is 106 Å². The highest BCUT2D eigenvalue weighted by Crippen LogP contribution is 2.26. The van der Waals surface area contributed by atoms with Crippen molar-refractivity contribution < 1.29 is 5.11 Å². The van der Waals surface area contributed by atoms with E-state index in [1.807, 2.05) is 6.20 Å². The zero-order valence-electron chi connectivity index (χ0n) is 10.2. The highest BCUT2D eigenvalue weighted by atomic mass is 32.1. The van der Waals surface area contributed by atoms with Gasteiger partial charge in [-0.05, 0) is 11.5 Å². The molecule has 0 saturated heterocycles. The van der Waals surface area contributed by atoms with Gasteiger partial charge in [0.15, 0.2) is 0 Å². The van der Waals surface area contributed by atoms with Gasteiger partial charge in [0.2, 0.25) is 0 Å². The Hall–Kier alpha value is -1.19. The van der Waals surface area contributed by atoms with Gasteiger partial charge in [-0.25, -0.2) is 4.98 Å². The molecule has 0 amide bonds. The largest absolute Gasteiger partial charge is 0.396 e. The summed E-state index contributed by atoms with van der Waals surface area (Å²) in [6, 6.07) is 8.56. The second kappa shape index (κ2) is 5.43. The van der Waals surface area contributed by atoms with Crippen LogP contribution in [0.25, 0.3) is 10.6 Å². The predicted octanol–water partition coefficient (Wildman–Crippen LogP) is 3.47. The molecule has 0 saturated carbocycles. The standard InChI is InChI=1S/C14H17NOS/c1-10(2)11-3-5-12(6-4-11)14-15-9-13(17-14)7-8-16/h3-6,9-10,16H,7-8H2,1-2H3. The van der Waals surface area contributed by atoms with Crippen molar-refractivity contribution in [3.8, 4) is 10.6 Å². The maximum atomic E-state index is 8.88. The van der Waals surface area contributed by atoms with Crippen molar-refractivity contribution >= 4 is 11.3 Å². The van der Waals surface area contributed by atoms with Crippen LogP contribution in [0.15, 0.2) is 30.5 Å². The molecule has 1 aromatic heterocycles. The molecular formula is C14H17NOS. The molecule has 0 aliphatic carbocycles. The molecule has 0 spiro atoms. The smallest absolute Gasteiger partial charge is 0.123 e. The summed E-state index contributed by atoms with van der Waals surface area (Å²) in [6.45, 7) is 4.57. The topological polar surface area (TPSA) is 33.1 Å². The van der Waals surface area contributed by atoms with E-state index in [0.717, 1.165) is 15.4 Å². The first kappa shape index (κ1) is 12.3. The van der Waals surface area contributed by atoms with E-state index in [9.17, 15) is 0 Å². The monoisotopic (exact) mass is 247 g/mol. The molecule has 0 aliphatic heterocycles. The first-order valence-electron chi connectivity index (χ1n) is 5.86. The van der Waals surface area contributed by atoms with Gasteiger partial charge in [-0.3, -0.25) is 0 Å². The van der Waals surface area contributed by atoms with E-state index in [1.54, 1.807) is 11.3 Å². The highest BCUT2D eigenvalue weighted by Gasteiger charge is 2.05. The molecule has 0 atom stereocenters. The van der Waals surface area contributed by atoms with E-state index in [0.29, 0.717) is 12.3 Å². The molecule has 2 nitrogen and oxygen atoms in total. The van der Waals surface area contributed by atoms with E-state index in [1.165, 1.54) is 5.56 Å². The fourth-order valence-corrected chi connectivity index (χ4v) is 2.58. The van der Waals surface area contributed by atoms with Crippen LogP contribution in [0.1, 0.15) is 30.2 Å². The minimum Gasteiger partial charge on any atom is -0.396 e. The van der Waals surface area contributed by atoms with Crippen LogP contribution in [0.2, 0.25) is 0 Å². The molecular weight excluding hydrogens is 230 g/mol.